The highest BCUT2D eigenvalue weighted by Gasteiger charge is 2.19. The molecule has 0 aliphatic heterocycles. The molecule has 0 saturated carbocycles. The third-order valence-electron chi connectivity index (χ3n) is 3.21. The number of aromatic nitrogens is 1. The molecule has 0 atom stereocenters. The van der Waals surface area contributed by atoms with Crippen molar-refractivity contribution in [3.05, 3.63) is 36.0 Å². The van der Waals surface area contributed by atoms with Crippen molar-refractivity contribution < 1.29 is 4.79 Å². The maximum absolute atomic E-state index is 12.3. The second kappa shape index (κ2) is 4.52. The Morgan fingerprint density at radius 1 is 1.25 bits per heavy atom. The van der Waals surface area contributed by atoms with Gasteiger partial charge in [0.2, 0.25) is 0 Å². The van der Waals surface area contributed by atoms with Crippen molar-refractivity contribution >= 4 is 16.7 Å². The number of rotatable bonds is 4. The van der Waals surface area contributed by atoms with Crippen molar-refractivity contribution in [3.8, 4) is 0 Å². The number of fused-ring (bicyclic) bond motifs is 1. The third kappa shape index (κ3) is 1.75. The molecule has 0 unspecified atom stereocenters. The number of carbonyl (C=O) groups is 1. The van der Waals surface area contributed by atoms with Crippen molar-refractivity contribution in [2.45, 2.75) is 26.7 Å². The average Bonchev–Trinajstić information content (AvgIpc) is 2.74. The van der Waals surface area contributed by atoms with Crippen LogP contribution in [0.1, 0.15) is 37.0 Å². The van der Waals surface area contributed by atoms with Crippen LogP contribution in [0.4, 0.5) is 0 Å². The molecule has 1 N–H and O–H groups in total. The van der Waals surface area contributed by atoms with Gasteiger partial charge in [0.05, 0.1) is 0 Å². The van der Waals surface area contributed by atoms with Gasteiger partial charge in [-0.2, -0.15) is 0 Å². The van der Waals surface area contributed by atoms with E-state index in [0.29, 0.717) is 0 Å². The van der Waals surface area contributed by atoms with E-state index >= 15 is 0 Å². The summed E-state index contributed by atoms with van der Waals surface area (Å²) in [7, 11) is 0. The van der Waals surface area contributed by atoms with E-state index in [1.165, 1.54) is 0 Å². The molecule has 0 spiro atoms. The molecule has 0 aliphatic carbocycles. The maximum atomic E-state index is 12.3. The molecule has 0 radical (unpaired) electrons. The van der Waals surface area contributed by atoms with Crippen LogP contribution in [0.2, 0.25) is 0 Å². The minimum Gasteiger partial charge on any atom is -0.360 e. The van der Waals surface area contributed by atoms with Crippen LogP contribution in [0.3, 0.4) is 0 Å². The molecule has 1 aromatic heterocycles. The molecule has 2 nitrogen and oxygen atoms in total. The van der Waals surface area contributed by atoms with Crippen LogP contribution in [0.5, 0.6) is 0 Å². The Morgan fingerprint density at radius 3 is 2.62 bits per heavy atom. The highest BCUT2D eigenvalue weighted by Crippen LogP contribution is 2.23. The lowest BCUT2D eigenvalue weighted by Gasteiger charge is -2.09. The topological polar surface area (TPSA) is 32.9 Å². The van der Waals surface area contributed by atoms with Gasteiger partial charge < -0.3 is 4.98 Å². The fraction of sp³-hybridized carbons (Fsp3) is 0.357. The van der Waals surface area contributed by atoms with Crippen LogP contribution < -0.4 is 0 Å². The second-order valence-corrected chi connectivity index (χ2v) is 4.13. The number of benzene rings is 1. The van der Waals surface area contributed by atoms with Crippen molar-refractivity contribution in [1.29, 1.82) is 0 Å². The molecule has 1 heterocycles. The van der Waals surface area contributed by atoms with Crippen LogP contribution in [0, 0.1) is 5.92 Å². The van der Waals surface area contributed by atoms with E-state index in [4.69, 9.17) is 0 Å². The Morgan fingerprint density at radius 2 is 1.94 bits per heavy atom. The van der Waals surface area contributed by atoms with Crippen molar-refractivity contribution in [1.82, 2.24) is 4.98 Å². The SMILES string of the molecule is CCC(CC)C(=O)c1c[nH]c2ccccc12. The molecule has 0 aliphatic rings. The second-order valence-electron chi connectivity index (χ2n) is 4.13. The third-order valence-corrected chi connectivity index (χ3v) is 3.21. The number of Topliss-reactive ketones (excluding diaryl/α,β-unsaturated/α-hetero) is 1. The van der Waals surface area contributed by atoms with Gasteiger partial charge in [0, 0.05) is 28.6 Å². The first kappa shape index (κ1) is 10.9. The fourth-order valence-corrected chi connectivity index (χ4v) is 2.15. The summed E-state index contributed by atoms with van der Waals surface area (Å²) in [5.41, 5.74) is 1.88. The molecule has 2 rings (SSSR count). The summed E-state index contributed by atoms with van der Waals surface area (Å²) in [4.78, 5) is 15.4. The Labute approximate surface area is 95.7 Å². The molecule has 2 aromatic rings. The monoisotopic (exact) mass is 215 g/mol. The van der Waals surface area contributed by atoms with Gasteiger partial charge in [-0.25, -0.2) is 0 Å². The van der Waals surface area contributed by atoms with E-state index in [2.05, 4.69) is 18.8 Å². The summed E-state index contributed by atoms with van der Waals surface area (Å²) in [5, 5.41) is 1.04. The predicted molar refractivity (Wildman–Crippen MR) is 66.7 cm³/mol. The minimum absolute atomic E-state index is 0.152. The summed E-state index contributed by atoms with van der Waals surface area (Å²) in [6.45, 7) is 4.14. The summed E-state index contributed by atoms with van der Waals surface area (Å²) in [5.74, 6) is 0.418. The van der Waals surface area contributed by atoms with E-state index in [9.17, 15) is 4.79 Å². The Hall–Kier alpha value is -1.57. The zero-order valence-corrected chi connectivity index (χ0v) is 9.79. The Balaban J connectivity index is 2.43. The normalized spacial score (nSPS) is 11.2. The van der Waals surface area contributed by atoms with E-state index < -0.39 is 0 Å². The number of para-hydroxylation sites is 1. The number of H-pyrrole nitrogens is 1. The number of hydrogen-bond acceptors (Lipinski definition) is 1. The van der Waals surface area contributed by atoms with Gasteiger partial charge >= 0.3 is 0 Å². The average molecular weight is 215 g/mol. The highest BCUT2D eigenvalue weighted by molar-refractivity contribution is 6.08. The molecular formula is C14H17NO. The van der Waals surface area contributed by atoms with Crippen LogP contribution in [0.25, 0.3) is 10.9 Å². The Bertz CT molecular complexity index is 494. The minimum atomic E-state index is 0.152. The maximum Gasteiger partial charge on any atom is 0.168 e. The summed E-state index contributed by atoms with van der Waals surface area (Å²) < 4.78 is 0. The lowest BCUT2D eigenvalue weighted by molar-refractivity contribution is 0.0915. The lowest BCUT2D eigenvalue weighted by atomic mass is 9.93. The first-order chi connectivity index (χ1) is 7.77. The summed E-state index contributed by atoms with van der Waals surface area (Å²) in [6, 6.07) is 7.95. The number of hydrogen-bond donors (Lipinski definition) is 1. The van der Waals surface area contributed by atoms with Gasteiger partial charge in [-0.3, -0.25) is 4.79 Å². The molecule has 0 bridgehead atoms. The van der Waals surface area contributed by atoms with E-state index in [1.54, 1.807) is 0 Å². The van der Waals surface area contributed by atoms with E-state index in [0.717, 1.165) is 29.3 Å². The van der Waals surface area contributed by atoms with Crippen LogP contribution >= 0.6 is 0 Å². The number of ketones is 1. The van der Waals surface area contributed by atoms with Gasteiger partial charge in [-0.05, 0) is 18.9 Å². The van der Waals surface area contributed by atoms with Gasteiger partial charge in [-0.15, -0.1) is 0 Å². The van der Waals surface area contributed by atoms with Crippen molar-refractivity contribution in [2.75, 3.05) is 0 Å². The summed E-state index contributed by atoms with van der Waals surface area (Å²) >= 11 is 0. The number of aromatic amines is 1. The van der Waals surface area contributed by atoms with Gasteiger partial charge in [0.25, 0.3) is 0 Å². The number of nitrogens with one attached hydrogen (secondary N) is 1. The molecule has 1 aromatic carbocycles. The highest BCUT2D eigenvalue weighted by atomic mass is 16.1. The van der Waals surface area contributed by atoms with Crippen LogP contribution in [-0.4, -0.2) is 10.8 Å². The van der Waals surface area contributed by atoms with Gasteiger partial charge in [-0.1, -0.05) is 32.0 Å². The first-order valence-electron chi connectivity index (χ1n) is 5.88. The Kier molecular flexibility index (Phi) is 3.09. The fourth-order valence-electron chi connectivity index (χ4n) is 2.15. The van der Waals surface area contributed by atoms with E-state index in [-0.39, 0.29) is 11.7 Å². The lowest BCUT2D eigenvalue weighted by Crippen LogP contribution is -2.12. The zero-order chi connectivity index (χ0) is 11.5. The molecule has 2 heteroatoms. The largest absolute Gasteiger partial charge is 0.360 e. The van der Waals surface area contributed by atoms with Crippen molar-refractivity contribution in [3.63, 3.8) is 0 Å². The first-order valence-corrected chi connectivity index (χ1v) is 5.88. The standard InChI is InChI=1S/C14H17NO/c1-3-10(4-2)14(16)12-9-15-13-8-6-5-7-11(12)13/h5-10,15H,3-4H2,1-2H3. The molecule has 0 saturated heterocycles. The molecule has 0 fully saturated rings. The van der Waals surface area contributed by atoms with Crippen LogP contribution in [0.15, 0.2) is 30.5 Å². The van der Waals surface area contributed by atoms with Crippen molar-refractivity contribution in [2.24, 2.45) is 5.92 Å². The number of carbonyl (C=O) groups excluding carboxylic acids is 1. The molecule has 0 amide bonds. The molecule has 16 heavy (non-hydrogen) atoms. The predicted octanol–water partition coefficient (Wildman–Crippen LogP) is 3.79. The van der Waals surface area contributed by atoms with Gasteiger partial charge in [0.15, 0.2) is 5.78 Å². The van der Waals surface area contributed by atoms with Crippen LogP contribution in [-0.2, 0) is 0 Å². The summed E-state index contributed by atoms with van der Waals surface area (Å²) in [6.07, 6.45) is 3.66. The van der Waals surface area contributed by atoms with Gasteiger partial charge in [0.1, 0.15) is 0 Å². The smallest absolute Gasteiger partial charge is 0.168 e. The molecular weight excluding hydrogens is 198 g/mol. The van der Waals surface area contributed by atoms with E-state index in [1.807, 2.05) is 30.5 Å². The molecule has 84 valence electrons. The quantitative estimate of drug-likeness (QED) is 0.773. The zero-order valence-electron chi connectivity index (χ0n) is 9.79.